The zero-order valence-corrected chi connectivity index (χ0v) is 20.5. The Hall–Kier alpha value is -3.12. The lowest BCUT2D eigenvalue weighted by Crippen LogP contribution is -2.35. The minimum atomic E-state index is -1.09. The first-order valence-electron chi connectivity index (χ1n) is 11.8. The molecular weight excluding hydrogens is 448 g/mol. The molecule has 1 saturated carbocycles. The van der Waals surface area contributed by atoms with Crippen LogP contribution in [0.4, 0.5) is 11.5 Å². The van der Waals surface area contributed by atoms with Crippen molar-refractivity contribution in [3.63, 3.8) is 0 Å². The Labute approximate surface area is 205 Å². The van der Waals surface area contributed by atoms with Gasteiger partial charge >= 0.3 is 5.97 Å². The minimum Gasteiger partial charge on any atom is -0.475 e. The van der Waals surface area contributed by atoms with E-state index in [4.69, 9.17) is 11.6 Å². The van der Waals surface area contributed by atoms with Gasteiger partial charge in [-0.2, -0.15) is 0 Å². The second kappa shape index (κ2) is 8.91. The molecule has 2 heterocycles. The number of anilines is 2. The van der Waals surface area contributed by atoms with Crippen molar-refractivity contribution in [1.29, 1.82) is 0 Å². The van der Waals surface area contributed by atoms with Crippen LogP contribution in [0.25, 0.3) is 0 Å². The van der Waals surface area contributed by atoms with Crippen LogP contribution in [0.3, 0.4) is 0 Å². The van der Waals surface area contributed by atoms with Gasteiger partial charge in [0.25, 0.3) is 0 Å². The Morgan fingerprint density at radius 2 is 1.91 bits per heavy atom. The Kier molecular flexibility index (Phi) is 5.94. The lowest BCUT2D eigenvalue weighted by atomic mass is 9.99. The second-order valence-electron chi connectivity index (χ2n) is 9.50. The molecule has 1 aliphatic carbocycles. The Morgan fingerprint density at radius 1 is 1.18 bits per heavy atom. The average Bonchev–Trinajstić information content (AvgIpc) is 3.63. The molecule has 2 aliphatic rings. The number of hydrogen-bond donors (Lipinski definition) is 1. The Morgan fingerprint density at radius 3 is 2.56 bits per heavy atom. The summed E-state index contributed by atoms with van der Waals surface area (Å²) in [6, 6.07) is 16.4. The third-order valence-electron chi connectivity index (χ3n) is 7.02. The number of aromatic nitrogens is 2. The van der Waals surface area contributed by atoms with Crippen molar-refractivity contribution in [3.8, 4) is 0 Å². The number of hydrogen-bond acceptors (Lipinski definition) is 5. The molecule has 1 unspecified atom stereocenters. The maximum absolute atomic E-state index is 11.9. The molecule has 1 N–H and O–H groups in total. The molecule has 0 bridgehead atoms. The molecule has 34 heavy (non-hydrogen) atoms. The summed E-state index contributed by atoms with van der Waals surface area (Å²) in [6.45, 7) is 5.01. The maximum atomic E-state index is 11.9. The number of carboxylic acids is 1. The zero-order chi connectivity index (χ0) is 24.0. The van der Waals surface area contributed by atoms with Gasteiger partial charge in [-0.05, 0) is 55.4 Å². The first-order valence-corrected chi connectivity index (χ1v) is 12.2. The van der Waals surface area contributed by atoms with Crippen molar-refractivity contribution in [1.82, 2.24) is 9.97 Å². The van der Waals surface area contributed by atoms with Gasteiger partial charge in [-0.15, -0.1) is 0 Å². The van der Waals surface area contributed by atoms with Gasteiger partial charge in [-0.25, -0.2) is 14.8 Å². The molecule has 176 valence electrons. The number of rotatable bonds is 7. The van der Waals surface area contributed by atoms with E-state index in [1.54, 1.807) is 0 Å². The molecule has 0 saturated heterocycles. The lowest BCUT2D eigenvalue weighted by molar-refractivity contribution is 0.0683. The predicted molar refractivity (Wildman–Crippen MR) is 135 cm³/mol. The number of benzene rings is 2. The van der Waals surface area contributed by atoms with E-state index in [9.17, 15) is 9.90 Å². The average molecular weight is 477 g/mol. The molecular formula is C27H29ClN4O2. The highest BCUT2D eigenvalue weighted by Crippen LogP contribution is 2.51. The van der Waals surface area contributed by atoms with E-state index in [1.165, 1.54) is 11.1 Å². The summed E-state index contributed by atoms with van der Waals surface area (Å²) in [5.74, 6) is 0.194. The van der Waals surface area contributed by atoms with Crippen LogP contribution in [-0.4, -0.2) is 34.6 Å². The molecule has 1 aliphatic heterocycles. The van der Waals surface area contributed by atoms with Crippen molar-refractivity contribution in [3.05, 3.63) is 81.8 Å². The summed E-state index contributed by atoms with van der Waals surface area (Å²) < 4.78 is 0. The number of nitrogens with zero attached hydrogens (tertiary/aromatic N) is 4. The quantitative estimate of drug-likeness (QED) is 0.461. The Balaban J connectivity index is 1.62. The second-order valence-corrected chi connectivity index (χ2v) is 9.94. The van der Waals surface area contributed by atoms with Crippen LogP contribution in [0.1, 0.15) is 64.9 Å². The topological polar surface area (TPSA) is 69.6 Å². The SMILES string of the molecule is Cc1cccc(C2N(C)c3nc(C(=O)O)nc([C@H](C)C4CC4)c3N2CCc2ccc(Cl)cc2)c1. The van der Waals surface area contributed by atoms with Crippen LogP contribution in [0.15, 0.2) is 48.5 Å². The van der Waals surface area contributed by atoms with E-state index in [-0.39, 0.29) is 17.9 Å². The third-order valence-corrected chi connectivity index (χ3v) is 7.27. The third kappa shape index (κ3) is 4.23. The molecule has 2 atom stereocenters. The van der Waals surface area contributed by atoms with Crippen LogP contribution in [-0.2, 0) is 6.42 Å². The van der Waals surface area contributed by atoms with Gasteiger partial charge in [0, 0.05) is 24.5 Å². The van der Waals surface area contributed by atoms with Crippen LogP contribution in [0, 0.1) is 12.8 Å². The highest BCUT2D eigenvalue weighted by molar-refractivity contribution is 6.30. The van der Waals surface area contributed by atoms with Gasteiger partial charge in [0.15, 0.2) is 5.82 Å². The fraction of sp³-hybridized carbons (Fsp3) is 0.370. The van der Waals surface area contributed by atoms with E-state index in [2.05, 4.69) is 70.0 Å². The smallest absolute Gasteiger partial charge is 0.374 e. The van der Waals surface area contributed by atoms with Crippen molar-refractivity contribution in [2.24, 2.45) is 5.92 Å². The summed E-state index contributed by atoms with van der Waals surface area (Å²) in [5, 5.41) is 10.5. The largest absolute Gasteiger partial charge is 0.475 e. The van der Waals surface area contributed by atoms with E-state index >= 15 is 0 Å². The number of fused-ring (bicyclic) bond motifs is 1. The Bertz CT molecular complexity index is 1230. The van der Waals surface area contributed by atoms with Gasteiger partial charge in [0.1, 0.15) is 11.9 Å². The predicted octanol–water partition coefficient (Wildman–Crippen LogP) is 5.85. The summed E-state index contributed by atoms with van der Waals surface area (Å²) in [7, 11) is 2.00. The van der Waals surface area contributed by atoms with Crippen molar-refractivity contribution < 1.29 is 9.90 Å². The highest BCUT2D eigenvalue weighted by Gasteiger charge is 2.42. The number of carboxylic acid groups (broad SMARTS) is 1. The number of aromatic carboxylic acids is 1. The molecule has 0 spiro atoms. The van der Waals surface area contributed by atoms with Gasteiger partial charge < -0.3 is 14.9 Å². The van der Waals surface area contributed by atoms with E-state index < -0.39 is 5.97 Å². The molecule has 1 fully saturated rings. The normalized spacial score (nSPS) is 18.2. The van der Waals surface area contributed by atoms with E-state index in [0.717, 1.165) is 47.8 Å². The molecule has 5 rings (SSSR count). The first kappa shape index (κ1) is 22.7. The lowest BCUT2D eigenvalue weighted by Gasteiger charge is -2.32. The van der Waals surface area contributed by atoms with Gasteiger partial charge in [0.2, 0.25) is 5.82 Å². The summed E-state index contributed by atoms with van der Waals surface area (Å²) in [6.07, 6.45) is 3.05. The standard InChI is InChI=1S/C27H29ClN4O2/c1-16-5-4-6-20(15-16)26-31(3)25-23(32(26)14-13-18-7-11-21(28)12-8-18)22(17(2)19-9-10-19)29-24(30-25)27(33)34/h4-8,11-12,15,17,19,26H,9-10,13-14H2,1-3H3,(H,33,34)/t17-,26?/m1/s1. The van der Waals surface area contributed by atoms with Crippen LogP contribution < -0.4 is 9.80 Å². The number of aryl methyl sites for hydroxylation is 1. The van der Waals surface area contributed by atoms with E-state index in [1.807, 2.05) is 19.2 Å². The van der Waals surface area contributed by atoms with Crippen LogP contribution in [0.5, 0.6) is 0 Å². The molecule has 7 heteroatoms. The molecule has 0 amide bonds. The molecule has 0 radical (unpaired) electrons. The summed E-state index contributed by atoms with van der Waals surface area (Å²) in [5.41, 5.74) is 5.35. The minimum absolute atomic E-state index is 0.0919. The molecule has 6 nitrogen and oxygen atoms in total. The van der Waals surface area contributed by atoms with E-state index in [0.29, 0.717) is 11.7 Å². The molecule has 1 aromatic heterocycles. The van der Waals surface area contributed by atoms with Crippen molar-refractivity contribution in [2.45, 2.75) is 45.2 Å². The maximum Gasteiger partial charge on any atom is 0.374 e. The summed E-state index contributed by atoms with van der Waals surface area (Å²) in [4.78, 5) is 25.5. The fourth-order valence-electron chi connectivity index (χ4n) is 5.03. The van der Waals surface area contributed by atoms with Gasteiger partial charge in [0.05, 0.1) is 5.69 Å². The monoisotopic (exact) mass is 476 g/mol. The molecule has 3 aromatic rings. The van der Waals surface area contributed by atoms with Gasteiger partial charge in [-0.3, -0.25) is 0 Å². The fourth-order valence-corrected chi connectivity index (χ4v) is 5.16. The van der Waals surface area contributed by atoms with Crippen LogP contribution >= 0.6 is 11.6 Å². The molecule has 2 aromatic carbocycles. The van der Waals surface area contributed by atoms with Crippen LogP contribution in [0.2, 0.25) is 5.02 Å². The zero-order valence-electron chi connectivity index (χ0n) is 19.7. The van der Waals surface area contributed by atoms with Gasteiger partial charge in [-0.1, -0.05) is 60.5 Å². The van der Waals surface area contributed by atoms with Crippen molar-refractivity contribution >= 4 is 29.1 Å². The number of carbonyl (C=O) groups is 1. The van der Waals surface area contributed by atoms with Crippen molar-refractivity contribution in [2.75, 3.05) is 23.4 Å². The summed E-state index contributed by atoms with van der Waals surface area (Å²) >= 11 is 6.09. The number of halogens is 1. The highest BCUT2D eigenvalue weighted by atomic mass is 35.5. The first-order chi connectivity index (χ1) is 16.3.